The summed E-state index contributed by atoms with van der Waals surface area (Å²) in [5.74, 6) is 0.994. The summed E-state index contributed by atoms with van der Waals surface area (Å²) in [6, 6.07) is 5.20. The van der Waals surface area contributed by atoms with Crippen LogP contribution in [-0.4, -0.2) is 53.5 Å². The minimum absolute atomic E-state index is 0.186. The number of aromatic nitrogens is 2. The minimum atomic E-state index is -0.186. The van der Waals surface area contributed by atoms with Gasteiger partial charge in [-0.25, -0.2) is 14.4 Å². The van der Waals surface area contributed by atoms with Crippen LogP contribution in [0.2, 0.25) is 0 Å². The Morgan fingerprint density at radius 3 is 2.61 bits per heavy atom. The van der Waals surface area contributed by atoms with Crippen LogP contribution in [0, 0.1) is 12.7 Å². The van der Waals surface area contributed by atoms with Crippen LogP contribution in [0.25, 0.3) is 0 Å². The Morgan fingerprint density at radius 1 is 1.11 bits per heavy atom. The van der Waals surface area contributed by atoms with Crippen molar-refractivity contribution in [1.29, 1.82) is 0 Å². The number of para-hydroxylation sites is 1. The number of hydrogen-bond acceptors (Lipinski definition) is 5. The van der Waals surface area contributed by atoms with Crippen molar-refractivity contribution in [2.75, 3.05) is 42.5 Å². The van der Waals surface area contributed by atoms with Crippen molar-refractivity contribution in [3.63, 3.8) is 0 Å². The molecule has 1 amide bonds. The smallest absolute Gasteiger partial charge is 0.222 e. The molecule has 3 heterocycles. The molecule has 0 saturated carbocycles. The molecular weight excluding hydrogens is 357 g/mol. The number of amides is 1. The first-order valence-electron chi connectivity index (χ1n) is 9.94. The number of rotatable bonds is 3. The number of carbonyl (C=O) groups is 1. The predicted molar refractivity (Wildman–Crippen MR) is 107 cm³/mol. The topological polar surface area (TPSA) is 52.6 Å². The number of anilines is 2. The third-order valence-electron chi connectivity index (χ3n) is 5.72. The van der Waals surface area contributed by atoms with Gasteiger partial charge >= 0.3 is 0 Å². The third kappa shape index (κ3) is 3.41. The highest BCUT2D eigenvalue weighted by atomic mass is 19.1. The van der Waals surface area contributed by atoms with E-state index in [9.17, 15) is 9.18 Å². The molecule has 2 aromatic rings. The zero-order valence-corrected chi connectivity index (χ0v) is 16.5. The molecule has 1 fully saturated rings. The number of benzene rings is 1. The van der Waals surface area contributed by atoms with E-state index in [1.807, 2.05) is 24.8 Å². The summed E-state index contributed by atoms with van der Waals surface area (Å²) in [5, 5.41) is 0. The first-order chi connectivity index (χ1) is 13.6. The predicted octanol–water partition coefficient (Wildman–Crippen LogP) is 2.55. The van der Waals surface area contributed by atoms with Gasteiger partial charge in [0, 0.05) is 44.7 Å². The standard InChI is InChI=1S/C21H26FN5O/c1-3-19(28)25-9-11-26(12-10-25)21-16-7-8-27(13-18(16)23-14-24-21)20-15(2)5-4-6-17(20)22/h4-6,14H,3,7-13H2,1-2H3. The Morgan fingerprint density at radius 2 is 1.89 bits per heavy atom. The van der Waals surface area contributed by atoms with E-state index >= 15 is 0 Å². The van der Waals surface area contributed by atoms with E-state index in [4.69, 9.17) is 0 Å². The molecule has 28 heavy (non-hydrogen) atoms. The lowest BCUT2D eigenvalue weighted by Gasteiger charge is -2.38. The van der Waals surface area contributed by atoms with Crippen LogP contribution in [0.3, 0.4) is 0 Å². The summed E-state index contributed by atoms with van der Waals surface area (Å²) in [6.07, 6.45) is 2.94. The summed E-state index contributed by atoms with van der Waals surface area (Å²) in [4.78, 5) is 27.2. The van der Waals surface area contributed by atoms with E-state index in [2.05, 4.69) is 19.8 Å². The van der Waals surface area contributed by atoms with Gasteiger partial charge < -0.3 is 14.7 Å². The van der Waals surface area contributed by atoms with Gasteiger partial charge in [0.1, 0.15) is 18.0 Å². The van der Waals surface area contributed by atoms with Crippen molar-refractivity contribution in [3.8, 4) is 0 Å². The second-order valence-corrected chi connectivity index (χ2v) is 7.42. The fourth-order valence-electron chi connectivity index (χ4n) is 4.22. The molecule has 7 heteroatoms. The SMILES string of the molecule is CCC(=O)N1CCN(c2ncnc3c2CCN(c2c(C)cccc2F)C3)CC1. The fraction of sp³-hybridized carbons (Fsp3) is 0.476. The molecule has 4 rings (SSSR count). The maximum Gasteiger partial charge on any atom is 0.222 e. The van der Waals surface area contributed by atoms with E-state index in [0.717, 1.165) is 61.8 Å². The third-order valence-corrected chi connectivity index (χ3v) is 5.72. The van der Waals surface area contributed by atoms with Crippen molar-refractivity contribution in [2.24, 2.45) is 0 Å². The quantitative estimate of drug-likeness (QED) is 0.815. The largest absolute Gasteiger partial charge is 0.363 e. The average molecular weight is 383 g/mol. The van der Waals surface area contributed by atoms with Crippen LogP contribution in [0.15, 0.2) is 24.5 Å². The van der Waals surface area contributed by atoms with E-state index < -0.39 is 0 Å². The molecule has 1 aromatic carbocycles. The molecule has 0 atom stereocenters. The summed E-state index contributed by atoms with van der Waals surface area (Å²) >= 11 is 0. The Kier molecular flexibility index (Phi) is 5.15. The molecule has 1 saturated heterocycles. The second-order valence-electron chi connectivity index (χ2n) is 7.42. The maximum atomic E-state index is 14.4. The van der Waals surface area contributed by atoms with Gasteiger partial charge in [0.2, 0.25) is 5.91 Å². The van der Waals surface area contributed by atoms with Crippen LogP contribution >= 0.6 is 0 Å². The van der Waals surface area contributed by atoms with E-state index in [1.54, 1.807) is 12.4 Å². The van der Waals surface area contributed by atoms with Gasteiger partial charge in [0.05, 0.1) is 17.9 Å². The Hall–Kier alpha value is -2.70. The van der Waals surface area contributed by atoms with Crippen LogP contribution in [0.1, 0.15) is 30.2 Å². The van der Waals surface area contributed by atoms with Gasteiger partial charge in [-0.3, -0.25) is 4.79 Å². The fourth-order valence-corrected chi connectivity index (χ4v) is 4.22. The molecule has 0 unspecified atom stereocenters. The Labute approximate surface area is 165 Å². The second kappa shape index (κ2) is 7.73. The number of carbonyl (C=O) groups excluding carboxylic acids is 1. The van der Waals surface area contributed by atoms with E-state index in [1.165, 1.54) is 6.07 Å². The lowest BCUT2D eigenvalue weighted by Crippen LogP contribution is -2.49. The molecule has 0 N–H and O–H groups in total. The normalized spacial score (nSPS) is 16.9. The molecule has 0 radical (unpaired) electrons. The number of nitrogens with zero attached hydrogens (tertiary/aromatic N) is 5. The molecule has 1 aromatic heterocycles. The Balaban J connectivity index is 1.54. The van der Waals surface area contributed by atoms with Crippen molar-refractivity contribution in [2.45, 2.75) is 33.2 Å². The molecule has 148 valence electrons. The highest BCUT2D eigenvalue weighted by Gasteiger charge is 2.28. The highest BCUT2D eigenvalue weighted by Crippen LogP contribution is 2.31. The van der Waals surface area contributed by atoms with Gasteiger partial charge in [0.15, 0.2) is 0 Å². The average Bonchev–Trinajstić information content (AvgIpc) is 2.72. The summed E-state index contributed by atoms with van der Waals surface area (Å²) in [5.41, 5.74) is 3.73. The molecule has 6 nitrogen and oxygen atoms in total. The van der Waals surface area contributed by atoms with E-state index in [0.29, 0.717) is 18.7 Å². The minimum Gasteiger partial charge on any atom is -0.363 e. The van der Waals surface area contributed by atoms with Crippen LogP contribution < -0.4 is 9.80 Å². The molecule has 2 aliphatic heterocycles. The number of hydrogen-bond donors (Lipinski definition) is 0. The zero-order chi connectivity index (χ0) is 19.7. The van der Waals surface area contributed by atoms with Gasteiger partial charge in [-0.1, -0.05) is 19.1 Å². The molecule has 0 bridgehead atoms. The van der Waals surface area contributed by atoms with Crippen LogP contribution in [0.4, 0.5) is 15.9 Å². The maximum absolute atomic E-state index is 14.4. The molecule has 0 spiro atoms. The lowest BCUT2D eigenvalue weighted by molar-refractivity contribution is -0.131. The van der Waals surface area contributed by atoms with Crippen molar-refractivity contribution in [1.82, 2.24) is 14.9 Å². The number of fused-ring (bicyclic) bond motifs is 1. The summed E-state index contributed by atoms with van der Waals surface area (Å²) < 4.78 is 14.4. The number of halogens is 1. The van der Waals surface area contributed by atoms with Crippen molar-refractivity contribution in [3.05, 3.63) is 47.2 Å². The number of piperazine rings is 1. The van der Waals surface area contributed by atoms with Crippen molar-refractivity contribution >= 4 is 17.4 Å². The van der Waals surface area contributed by atoms with Crippen LogP contribution in [-0.2, 0) is 17.8 Å². The highest BCUT2D eigenvalue weighted by molar-refractivity contribution is 5.76. The summed E-state index contributed by atoms with van der Waals surface area (Å²) in [7, 11) is 0. The van der Waals surface area contributed by atoms with Crippen LogP contribution in [0.5, 0.6) is 0 Å². The zero-order valence-electron chi connectivity index (χ0n) is 16.5. The molecule has 2 aliphatic rings. The van der Waals surface area contributed by atoms with Gasteiger partial charge in [0.25, 0.3) is 0 Å². The summed E-state index contributed by atoms with van der Waals surface area (Å²) in [6.45, 7) is 8.19. The van der Waals surface area contributed by atoms with Crippen molar-refractivity contribution < 1.29 is 9.18 Å². The Bertz CT molecular complexity index is 859. The molecular formula is C21H26FN5O. The van der Waals surface area contributed by atoms with E-state index in [-0.39, 0.29) is 11.7 Å². The lowest BCUT2D eigenvalue weighted by atomic mass is 10.0. The number of aryl methyl sites for hydroxylation is 1. The molecule has 0 aliphatic carbocycles. The van der Waals surface area contributed by atoms with Gasteiger partial charge in [-0.05, 0) is 25.0 Å². The van der Waals surface area contributed by atoms with Gasteiger partial charge in [-0.2, -0.15) is 0 Å². The first-order valence-corrected chi connectivity index (χ1v) is 9.94. The monoisotopic (exact) mass is 383 g/mol. The van der Waals surface area contributed by atoms with Gasteiger partial charge in [-0.15, -0.1) is 0 Å². The first kappa shape index (κ1) is 18.7.